The van der Waals surface area contributed by atoms with Crippen molar-refractivity contribution in [3.63, 3.8) is 0 Å². The van der Waals surface area contributed by atoms with Gasteiger partial charge in [-0.05, 0) is 18.2 Å². The second-order valence-corrected chi connectivity index (χ2v) is 5.61. The Balaban J connectivity index is 1.72. The molecular formula is C17H19N5O. The fourth-order valence-electron chi connectivity index (χ4n) is 2.96. The molecule has 3 heterocycles. The van der Waals surface area contributed by atoms with Crippen LogP contribution in [0, 0.1) is 0 Å². The lowest BCUT2D eigenvalue weighted by atomic mass is 10.2. The maximum atomic E-state index is 5.29. The summed E-state index contributed by atoms with van der Waals surface area (Å²) in [6.07, 6.45) is 2.04. The Labute approximate surface area is 134 Å². The highest BCUT2D eigenvalue weighted by molar-refractivity contribution is 5.64. The van der Waals surface area contributed by atoms with E-state index in [0.717, 1.165) is 49.0 Å². The average molecular weight is 309 g/mol. The number of hydrogen-bond acceptors (Lipinski definition) is 5. The van der Waals surface area contributed by atoms with Gasteiger partial charge in [0.05, 0.1) is 7.11 Å². The quantitative estimate of drug-likeness (QED) is 0.800. The molecule has 1 N–H and O–H groups in total. The minimum absolute atomic E-state index is 0.816. The summed E-state index contributed by atoms with van der Waals surface area (Å²) in [7, 11) is 1.67. The Bertz CT molecular complexity index is 823. The number of benzene rings is 1. The van der Waals surface area contributed by atoms with E-state index in [1.54, 1.807) is 7.11 Å². The van der Waals surface area contributed by atoms with Crippen LogP contribution in [0.2, 0.25) is 0 Å². The van der Waals surface area contributed by atoms with Crippen LogP contribution in [0.4, 0.5) is 5.69 Å². The molecule has 4 rings (SSSR count). The second kappa shape index (κ2) is 5.89. The van der Waals surface area contributed by atoms with Gasteiger partial charge in [0, 0.05) is 49.7 Å². The number of rotatable bonds is 3. The molecule has 23 heavy (non-hydrogen) atoms. The third-order valence-electron chi connectivity index (χ3n) is 4.20. The first-order chi connectivity index (χ1) is 11.3. The average Bonchev–Trinajstić information content (AvgIpc) is 3.05. The predicted molar refractivity (Wildman–Crippen MR) is 90.1 cm³/mol. The number of nitrogens with one attached hydrogen (secondary N) is 1. The normalized spacial score (nSPS) is 15.1. The Morgan fingerprint density at radius 1 is 1.09 bits per heavy atom. The molecule has 1 aliphatic heterocycles. The first-order valence-corrected chi connectivity index (χ1v) is 7.80. The predicted octanol–water partition coefficient (Wildman–Crippen LogP) is 1.81. The van der Waals surface area contributed by atoms with Gasteiger partial charge >= 0.3 is 0 Å². The van der Waals surface area contributed by atoms with E-state index in [9.17, 15) is 0 Å². The molecule has 0 radical (unpaired) electrons. The molecule has 0 unspecified atom stereocenters. The van der Waals surface area contributed by atoms with Crippen LogP contribution in [0.25, 0.3) is 17.0 Å². The molecule has 0 amide bonds. The lowest BCUT2D eigenvalue weighted by Gasteiger charge is -2.29. The van der Waals surface area contributed by atoms with Gasteiger partial charge in [0.1, 0.15) is 5.75 Å². The summed E-state index contributed by atoms with van der Waals surface area (Å²) in [5, 5.41) is 12.1. The molecule has 1 aliphatic rings. The number of anilines is 1. The zero-order valence-corrected chi connectivity index (χ0v) is 13.1. The zero-order valence-electron chi connectivity index (χ0n) is 13.1. The first kappa shape index (κ1) is 14.0. The van der Waals surface area contributed by atoms with Crippen molar-refractivity contribution in [1.82, 2.24) is 19.9 Å². The van der Waals surface area contributed by atoms with Gasteiger partial charge in [-0.2, -0.15) is 0 Å². The van der Waals surface area contributed by atoms with E-state index >= 15 is 0 Å². The van der Waals surface area contributed by atoms with Crippen LogP contribution >= 0.6 is 0 Å². The summed E-state index contributed by atoms with van der Waals surface area (Å²) in [6.45, 7) is 4.08. The lowest BCUT2D eigenvalue weighted by molar-refractivity contribution is 0.415. The SMILES string of the molecule is COc1cccc(-c2nnc3cc(N4CCNCC4)ccn23)c1. The largest absolute Gasteiger partial charge is 0.497 e. The zero-order chi connectivity index (χ0) is 15.6. The molecule has 1 fully saturated rings. The van der Waals surface area contributed by atoms with Gasteiger partial charge in [-0.3, -0.25) is 4.40 Å². The van der Waals surface area contributed by atoms with Crippen LogP contribution in [0.15, 0.2) is 42.6 Å². The van der Waals surface area contributed by atoms with Crippen molar-refractivity contribution >= 4 is 11.3 Å². The van der Waals surface area contributed by atoms with Crippen molar-refractivity contribution in [2.45, 2.75) is 0 Å². The standard InChI is InChI=1S/C17H19N5O/c1-23-15-4-2-3-13(11-15)17-20-19-16-12-14(5-8-22(16)17)21-9-6-18-7-10-21/h2-5,8,11-12,18H,6-7,9-10H2,1H3. The Morgan fingerprint density at radius 3 is 2.78 bits per heavy atom. The topological polar surface area (TPSA) is 54.7 Å². The number of pyridine rings is 1. The maximum absolute atomic E-state index is 5.29. The number of aromatic nitrogens is 3. The van der Waals surface area contributed by atoms with E-state index in [4.69, 9.17) is 4.74 Å². The first-order valence-electron chi connectivity index (χ1n) is 7.80. The molecule has 0 saturated carbocycles. The van der Waals surface area contributed by atoms with Crippen molar-refractivity contribution in [1.29, 1.82) is 0 Å². The number of nitrogens with zero attached hydrogens (tertiary/aromatic N) is 4. The maximum Gasteiger partial charge on any atom is 0.168 e. The van der Waals surface area contributed by atoms with E-state index in [1.807, 2.05) is 34.9 Å². The van der Waals surface area contributed by atoms with Gasteiger partial charge in [-0.1, -0.05) is 12.1 Å². The molecule has 6 nitrogen and oxygen atoms in total. The third-order valence-corrected chi connectivity index (χ3v) is 4.20. The van der Waals surface area contributed by atoms with Crippen LogP contribution in [0.1, 0.15) is 0 Å². The van der Waals surface area contributed by atoms with E-state index in [1.165, 1.54) is 5.69 Å². The highest BCUT2D eigenvalue weighted by atomic mass is 16.5. The van der Waals surface area contributed by atoms with Gasteiger partial charge in [0.2, 0.25) is 0 Å². The molecule has 3 aromatic rings. The number of ether oxygens (including phenoxy) is 1. The van der Waals surface area contributed by atoms with Gasteiger partial charge in [0.25, 0.3) is 0 Å². The monoisotopic (exact) mass is 309 g/mol. The van der Waals surface area contributed by atoms with Crippen LogP contribution in [-0.2, 0) is 0 Å². The van der Waals surface area contributed by atoms with Crippen molar-refractivity contribution in [3.05, 3.63) is 42.6 Å². The molecule has 0 bridgehead atoms. The van der Waals surface area contributed by atoms with Gasteiger partial charge in [0.15, 0.2) is 11.5 Å². The molecule has 118 valence electrons. The minimum atomic E-state index is 0.816. The number of fused-ring (bicyclic) bond motifs is 1. The number of piperazine rings is 1. The molecule has 0 aliphatic carbocycles. The lowest BCUT2D eigenvalue weighted by Crippen LogP contribution is -2.43. The van der Waals surface area contributed by atoms with Gasteiger partial charge in [-0.25, -0.2) is 0 Å². The Kier molecular flexibility index (Phi) is 3.59. The Hall–Kier alpha value is -2.60. The summed E-state index contributed by atoms with van der Waals surface area (Å²) in [5.41, 5.74) is 3.05. The summed E-state index contributed by atoms with van der Waals surface area (Å²) < 4.78 is 7.31. The van der Waals surface area contributed by atoms with Gasteiger partial charge < -0.3 is 15.0 Å². The molecule has 1 aromatic carbocycles. The molecule has 0 atom stereocenters. The summed E-state index contributed by atoms with van der Waals surface area (Å²) in [4.78, 5) is 2.37. The van der Waals surface area contributed by atoms with E-state index in [0.29, 0.717) is 0 Å². The van der Waals surface area contributed by atoms with Crippen LogP contribution < -0.4 is 15.0 Å². The summed E-state index contributed by atoms with van der Waals surface area (Å²) in [5.74, 6) is 1.64. The molecule has 6 heteroatoms. The molecule has 1 saturated heterocycles. The fourth-order valence-corrected chi connectivity index (χ4v) is 2.96. The van der Waals surface area contributed by atoms with E-state index in [2.05, 4.69) is 32.5 Å². The smallest absolute Gasteiger partial charge is 0.168 e. The van der Waals surface area contributed by atoms with Crippen molar-refractivity contribution in [3.8, 4) is 17.1 Å². The van der Waals surface area contributed by atoms with Crippen molar-refractivity contribution in [2.75, 3.05) is 38.2 Å². The van der Waals surface area contributed by atoms with E-state index < -0.39 is 0 Å². The number of hydrogen-bond donors (Lipinski definition) is 1. The summed E-state index contributed by atoms with van der Waals surface area (Å²) >= 11 is 0. The van der Waals surface area contributed by atoms with Crippen LogP contribution in [-0.4, -0.2) is 47.9 Å². The van der Waals surface area contributed by atoms with E-state index in [-0.39, 0.29) is 0 Å². The molecule has 2 aromatic heterocycles. The minimum Gasteiger partial charge on any atom is -0.497 e. The van der Waals surface area contributed by atoms with Crippen LogP contribution in [0.5, 0.6) is 5.75 Å². The number of methoxy groups -OCH3 is 1. The third kappa shape index (κ3) is 2.61. The van der Waals surface area contributed by atoms with Crippen LogP contribution in [0.3, 0.4) is 0 Å². The highest BCUT2D eigenvalue weighted by Gasteiger charge is 2.13. The second-order valence-electron chi connectivity index (χ2n) is 5.61. The molecule has 0 spiro atoms. The van der Waals surface area contributed by atoms with Crippen molar-refractivity contribution in [2.24, 2.45) is 0 Å². The van der Waals surface area contributed by atoms with Crippen molar-refractivity contribution < 1.29 is 4.74 Å². The fraction of sp³-hybridized carbons (Fsp3) is 0.294. The Morgan fingerprint density at radius 2 is 1.96 bits per heavy atom. The highest BCUT2D eigenvalue weighted by Crippen LogP contribution is 2.24. The molecular weight excluding hydrogens is 290 g/mol. The summed E-state index contributed by atoms with van der Waals surface area (Å²) in [6, 6.07) is 12.1. The van der Waals surface area contributed by atoms with Gasteiger partial charge in [-0.15, -0.1) is 10.2 Å².